The predicted octanol–water partition coefficient (Wildman–Crippen LogP) is 0.0200. The molecule has 1 fully saturated rings. The van der Waals surface area contributed by atoms with Gasteiger partial charge in [-0.15, -0.1) is 0 Å². The summed E-state index contributed by atoms with van der Waals surface area (Å²) in [6.45, 7) is 5.23. The second kappa shape index (κ2) is 5.82. The van der Waals surface area contributed by atoms with Gasteiger partial charge in [-0.2, -0.15) is 0 Å². The van der Waals surface area contributed by atoms with Crippen molar-refractivity contribution in [3.63, 3.8) is 0 Å². The molecule has 1 aliphatic rings. The molecule has 2 unspecified atom stereocenters. The molecule has 0 aromatic heterocycles. The Morgan fingerprint density at radius 3 is 2.29 bits per heavy atom. The van der Waals surface area contributed by atoms with Gasteiger partial charge in [0.25, 0.3) is 0 Å². The second-order valence-electron chi connectivity index (χ2n) is 4.91. The highest BCUT2D eigenvalue weighted by Crippen LogP contribution is 2.09. The van der Waals surface area contributed by atoms with Gasteiger partial charge >= 0.3 is 0 Å². The van der Waals surface area contributed by atoms with Crippen molar-refractivity contribution in [1.29, 1.82) is 0 Å². The van der Waals surface area contributed by atoms with Gasteiger partial charge in [0.15, 0.2) is 0 Å². The Labute approximate surface area is 103 Å². The van der Waals surface area contributed by atoms with Crippen molar-refractivity contribution in [2.45, 2.75) is 38.8 Å². The first-order valence-electron chi connectivity index (χ1n) is 6.02. The third-order valence-corrected chi connectivity index (χ3v) is 3.98. The zero-order chi connectivity index (χ0) is 13.1. The fourth-order valence-corrected chi connectivity index (χ4v) is 3.22. The third-order valence-electron chi connectivity index (χ3n) is 2.88. The van der Waals surface area contributed by atoms with Crippen LogP contribution in [0.1, 0.15) is 26.7 Å². The van der Waals surface area contributed by atoms with Crippen LogP contribution in [0.3, 0.4) is 0 Å². The smallest absolute Gasteiger partial charge is 0.239 e. The molecule has 0 bridgehead atoms. The highest BCUT2D eigenvalue weighted by atomic mass is 32.2. The van der Waals surface area contributed by atoms with Crippen LogP contribution in [0, 0.1) is 0 Å². The SMILES string of the molecule is CC(CS(C)(=O)=O)NC(C)C(=O)N1CCCC1. The summed E-state index contributed by atoms with van der Waals surface area (Å²) in [5, 5.41) is 3.04. The Hall–Kier alpha value is -0.620. The van der Waals surface area contributed by atoms with Crippen LogP contribution in [0.2, 0.25) is 0 Å². The number of nitrogens with one attached hydrogen (secondary N) is 1. The van der Waals surface area contributed by atoms with Gasteiger partial charge in [-0.3, -0.25) is 4.79 Å². The fourth-order valence-electron chi connectivity index (χ4n) is 2.21. The third kappa shape index (κ3) is 5.04. The van der Waals surface area contributed by atoms with E-state index in [-0.39, 0.29) is 23.7 Å². The molecule has 0 radical (unpaired) electrons. The first kappa shape index (κ1) is 14.4. The Morgan fingerprint density at radius 1 is 1.29 bits per heavy atom. The standard InChI is InChI=1S/C11H22N2O3S/c1-9(8-17(3,15)16)12-10(2)11(14)13-6-4-5-7-13/h9-10,12H,4-8H2,1-3H3. The summed E-state index contributed by atoms with van der Waals surface area (Å²) in [5.74, 6) is 0.132. The average molecular weight is 262 g/mol. The lowest BCUT2D eigenvalue weighted by Crippen LogP contribution is -2.48. The topological polar surface area (TPSA) is 66.5 Å². The van der Waals surface area contributed by atoms with Crippen molar-refractivity contribution in [2.75, 3.05) is 25.1 Å². The number of amides is 1. The largest absolute Gasteiger partial charge is 0.341 e. The van der Waals surface area contributed by atoms with E-state index in [0.29, 0.717) is 0 Å². The van der Waals surface area contributed by atoms with Gasteiger partial charge in [-0.1, -0.05) is 0 Å². The fraction of sp³-hybridized carbons (Fsp3) is 0.909. The predicted molar refractivity (Wildman–Crippen MR) is 67.6 cm³/mol. The molecule has 0 aromatic rings. The van der Waals surface area contributed by atoms with E-state index >= 15 is 0 Å². The molecule has 6 heteroatoms. The molecule has 17 heavy (non-hydrogen) atoms. The molecule has 1 saturated heterocycles. The van der Waals surface area contributed by atoms with Crippen molar-refractivity contribution in [1.82, 2.24) is 10.2 Å². The van der Waals surface area contributed by atoms with Gasteiger partial charge in [-0.25, -0.2) is 8.42 Å². The quantitative estimate of drug-likeness (QED) is 0.758. The molecular formula is C11H22N2O3S. The van der Waals surface area contributed by atoms with Gasteiger partial charge in [0.2, 0.25) is 5.91 Å². The van der Waals surface area contributed by atoms with Crippen LogP contribution in [0.15, 0.2) is 0 Å². The first-order chi connectivity index (χ1) is 7.79. The minimum absolute atomic E-state index is 0.0601. The Balaban J connectivity index is 2.42. The van der Waals surface area contributed by atoms with Gasteiger partial charge < -0.3 is 10.2 Å². The van der Waals surface area contributed by atoms with Crippen molar-refractivity contribution < 1.29 is 13.2 Å². The van der Waals surface area contributed by atoms with Crippen LogP contribution in [-0.4, -0.2) is 56.4 Å². The zero-order valence-electron chi connectivity index (χ0n) is 10.8. The van der Waals surface area contributed by atoms with Crippen molar-refractivity contribution in [2.24, 2.45) is 0 Å². The Morgan fingerprint density at radius 2 is 1.82 bits per heavy atom. The lowest BCUT2D eigenvalue weighted by Gasteiger charge is -2.23. The van der Waals surface area contributed by atoms with E-state index in [1.54, 1.807) is 13.8 Å². The molecule has 100 valence electrons. The van der Waals surface area contributed by atoms with E-state index in [1.165, 1.54) is 6.26 Å². The van der Waals surface area contributed by atoms with Crippen LogP contribution in [0.5, 0.6) is 0 Å². The molecule has 1 amide bonds. The molecule has 1 N–H and O–H groups in total. The Bertz CT molecular complexity index is 361. The first-order valence-corrected chi connectivity index (χ1v) is 8.08. The summed E-state index contributed by atoms with van der Waals surface area (Å²) in [6, 6.07) is -0.517. The van der Waals surface area contributed by atoms with Crippen LogP contribution in [0.25, 0.3) is 0 Å². The molecule has 1 rings (SSSR count). The minimum Gasteiger partial charge on any atom is -0.341 e. The maximum absolute atomic E-state index is 12.0. The lowest BCUT2D eigenvalue weighted by atomic mass is 10.2. The summed E-state index contributed by atoms with van der Waals surface area (Å²) in [7, 11) is -3.00. The molecule has 1 aliphatic heterocycles. The molecule has 2 atom stereocenters. The van der Waals surface area contributed by atoms with Gasteiger partial charge in [-0.05, 0) is 26.7 Å². The van der Waals surface area contributed by atoms with Gasteiger partial charge in [0.1, 0.15) is 9.84 Å². The number of hydrogen-bond acceptors (Lipinski definition) is 4. The summed E-state index contributed by atoms with van der Waals surface area (Å²) >= 11 is 0. The molecule has 0 aromatic carbocycles. The zero-order valence-corrected chi connectivity index (χ0v) is 11.6. The molecule has 5 nitrogen and oxygen atoms in total. The van der Waals surface area contributed by atoms with Gasteiger partial charge in [0, 0.05) is 25.4 Å². The maximum Gasteiger partial charge on any atom is 0.239 e. The highest BCUT2D eigenvalue weighted by Gasteiger charge is 2.24. The molecule has 0 saturated carbocycles. The van der Waals surface area contributed by atoms with E-state index < -0.39 is 9.84 Å². The van der Waals surface area contributed by atoms with E-state index in [4.69, 9.17) is 0 Å². The number of sulfone groups is 1. The molecular weight excluding hydrogens is 240 g/mol. The number of hydrogen-bond donors (Lipinski definition) is 1. The van der Waals surface area contributed by atoms with Crippen LogP contribution in [-0.2, 0) is 14.6 Å². The van der Waals surface area contributed by atoms with Gasteiger partial charge in [0.05, 0.1) is 11.8 Å². The molecule has 0 aliphatic carbocycles. The minimum atomic E-state index is -3.00. The van der Waals surface area contributed by atoms with Crippen LogP contribution in [0.4, 0.5) is 0 Å². The van der Waals surface area contributed by atoms with Crippen LogP contribution < -0.4 is 5.32 Å². The number of carbonyl (C=O) groups is 1. The van der Waals surface area contributed by atoms with Crippen molar-refractivity contribution >= 4 is 15.7 Å². The number of carbonyl (C=O) groups excluding carboxylic acids is 1. The summed E-state index contributed by atoms with van der Waals surface area (Å²) < 4.78 is 22.2. The number of likely N-dealkylation sites (tertiary alicyclic amines) is 1. The van der Waals surface area contributed by atoms with Crippen LogP contribution >= 0.6 is 0 Å². The number of rotatable bonds is 5. The highest BCUT2D eigenvalue weighted by molar-refractivity contribution is 7.90. The summed E-state index contributed by atoms with van der Waals surface area (Å²) in [6.07, 6.45) is 3.34. The van der Waals surface area contributed by atoms with Crippen molar-refractivity contribution in [3.05, 3.63) is 0 Å². The van der Waals surface area contributed by atoms with E-state index in [0.717, 1.165) is 25.9 Å². The number of nitrogens with zero attached hydrogens (tertiary/aromatic N) is 1. The Kier molecular flexibility index (Phi) is 4.94. The van der Waals surface area contributed by atoms with E-state index in [9.17, 15) is 13.2 Å². The van der Waals surface area contributed by atoms with Crippen molar-refractivity contribution in [3.8, 4) is 0 Å². The molecule has 0 spiro atoms. The molecule has 1 heterocycles. The lowest BCUT2D eigenvalue weighted by molar-refractivity contribution is -0.132. The van der Waals surface area contributed by atoms with E-state index in [2.05, 4.69) is 5.32 Å². The normalized spacial score (nSPS) is 20.3. The van der Waals surface area contributed by atoms with E-state index in [1.807, 2.05) is 4.90 Å². The maximum atomic E-state index is 12.0. The summed E-state index contributed by atoms with van der Waals surface area (Å²) in [5.41, 5.74) is 0. The second-order valence-corrected chi connectivity index (χ2v) is 7.10. The summed E-state index contributed by atoms with van der Waals surface area (Å²) in [4.78, 5) is 13.8. The average Bonchev–Trinajstić information content (AvgIpc) is 2.65. The monoisotopic (exact) mass is 262 g/mol.